The number of hydrogen-bond acceptors (Lipinski definition) is 7. The fraction of sp³-hybridized carbons (Fsp3) is 0.581. The molecular weight excluding hydrogens is 488 g/mol. The summed E-state index contributed by atoms with van der Waals surface area (Å²) in [7, 11) is 2.17. The largest absolute Gasteiger partial charge is 0.462 e. The molecule has 4 aliphatic rings. The second-order valence-electron chi connectivity index (χ2n) is 11.7. The quantitative estimate of drug-likeness (QED) is 0.530. The van der Waals surface area contributed by atoms with Gasteiger partial charge in [-0.05, 0) is 76.7 Å². The number of rotatable bonds is 6. The van der Waals surface area contributed by atoms with E-state index in [4.69, 9.17) is 14.7 Å². The Morgan fingerprint density at radius 2 is 1.95 bits per heavy atom. The van der Waals surface area contributed by atoms with Crippen LogP contribution in [0, 0.1) is 0 Å². The van der Waals surface area contributed by atoms with Gasteiger partial charge in [0, 0.05) is 62.0 Å². The summed E-state index contributed by atoms with van der Waals surface area (Å²) in [6, 6.07) is 10.4. The van der Waals surface area contributed by atoms with Crippen LogP contribution < -0.4 is 14.5 Å². The van der Waals surface area contributed by atoms with Crippen molar-refractivity contribution in [2.24, 2.45) is 0 Å². The SMILES string of the molecule is C=CC(=O)N1CCN(c2nc(OC[C@@H]3CCCN3C)nc3c2CC[C@@H](N2CCCc4ccccc42)C3)[C@@H](C)C1. The highest BCUT2D eigenvalue weighted by Gasteiger charge is 2.34. The first-order valence-electron chi connectivity index (χ1n) is 14.8. The highest BCUT2D eigenvalue weighted by atomic mass is 16.5. The predicted octanol–water partition coefficient (Wildman–Crippen LogP) is 3.48. The molecule has 1 aliphatic carbocycles. The van der Waals surface area contributed by atoms with Gasteiger partial charge in [-0.1, -0.05) is 24.8 Å². The van der Waals surface area contributed by atoms with Gasteiger partial charge >= 0.3 is 6.01 Å². The first kappa shape index (κ1) is 26.1. The smallest absolute Gasteiger partial charge is 0.318 e. The molecule has 0 N–H and O–H groups in total. The molecule has 2 saturated heterocycles. The molecule has 1 aromatic heterocycles. The Bertz CT molecular complexity index is 1220. The van der Waals surface area contributed by atoms with Gasteiger partial charge in [0.05, 0.1) is 5.69 Å². The zero-order chi connectivity index (χ0) is 26.9. The van der Waals surface area contributed by atoms with Crippen molar-refractivity contribution >= 4 is 17.4 Å². The summed E-state index contributed by atoms with van der Waals surface area (Å²) in [5.74, 6) is 1.01. The van der Waals surface area contributed by atoms with Crippen LogP contribution in [-0.2, 0) is 24.1 Å². The standard InChI is InChI=1S/C31H42N6O2/c1-4-29(38)35-17-18-36(22(2)20-35)30-26-14-13-24(37-16-7-10-23-9-5-6-12-28(23)37)19-27(26)32-31(33-30)39-21-25-11-8-15-34(25)3/h4-6,9,12,22,24-25H,1,7-8,10-11,13-21H2,2-3H3/t22-,24+,25-/m0/s1. The number of aryl methyl sites for hydroxylation is 1. The maximum Gasteiger partial charge on any atom is 0.318 e. The number of likely N-dealkylation sites (tertiary alicyclic amines) is 1. The van der Waals surface area contributed by atoms with Gasteiger partial charge in [0.2, 0.25) is 5.91 Å². The molecular formula is C31H42N6O2. The number of ether oxygens (including phenoxy) is 1. The average Bonchev–Trinajstić information content (AvgIpc) is 3.39. The summed E-state index contributed by atoms with van der Waals surface area (Å²) in [5, 5.41) is 0. The molecule has 208 valence electrons. The van der Waals surface area contributed by atoms with Crippen molar-refractivity contribution in [1.82, 2.24) is 19.8 Å². The molecule has 3 atom stereocenters. The van der Waals surface area contributed by atoms with Gasteiger partial charge in [-0.15, -0.1) is 0 Å². The van der Waals surface area contributed by atoms with E-state index in [1.165, 1.54) is 35.7 Å². The maximum absolute atomic E-state index is 12.3. The molecule has 0 bridgehead atoms. The maximum atomic E-state index is 12.3. The number of fused-ring (bicyclic) bond motifs is 2. The first-order valence-corrected chi connectivity index (χ1v) is 14.8. The lowest BCUT2D eigenvalue weighted by atomic mass is 9.88. The fourth-order valence-corrected chi connectivity index (χ4v) is 7.03. The van der Waals surface area contributed by atoms with Crippen molar-refractivity contribution in [3.63, 3.8) is 0 Å². The minimum absolute atomic E-state index is 0.000534. The molecule has 0 unspecified atom stereocenters. The normalized spacial score (nSPS) is 25.3. The van der Waals surface area contributed by atoms with Gasteiger partial charge < -0.3 is 24.3 Å². The highest BCUT2D eigenvalue weighted by Crippen LogP contribution is 2.37. The number of piperazine rings is 1. The van der Waals surface area contributed by atoms with Crippen LogP contribution in [-0.4, -0.2) is 90.2 Å². The molecule has 6 rings (SSSR count). The van der Waals surface area contributed by atoms with E-state index >= 15 is 0 Å². The van der Waals surface area contributed by atoms with Gasteiger partial charge in [0.25, 0.3) is 0 Å². The molecule has 1 aromatic carbocycles. The van der Waals surface area contributed by atoms with Crippen molar-refractivity contribution < 1.29 is 9.53 Å². The van der Waals surface area contributed by atoms with Crippen molar-refractivity contribution in [2.45, 2.75) is 70.0 Å². The third kappa shape index (κ3) is 5.23. The number of hydrogen-bond donors (Lipinski definition) is 0. The zero-order valence-corrected chi connectivity index (χ0v) is 23.5. The van der Waals surface area contributed by atoms with Crippen LogP contribution in [0.4, 0.5) is 11.5 Å². The van der Waals surface area contributed by atoms with Gasteiger partial charge in [-0.2, -0.15) is 9.97 Å². The topological polar surface area (TPSA) is 65.0 Å². The Morgan fingerprint density at radius 1 is 1.08 bits per heavy atom. The van der Waals surface area contributed by atoms with Crippen LogP contribution in [0.25, 0.3) is 0 Å². The molecule has 4 heterocycles. The van der Waals surface area contributed by atoms with Gasteiger partial charge in [0.15, 0.2) is 0 Å². The molecule has 2 fully saturated rings. The summed E-state index contributed by atoms with van der Waals surface area (Å²) in [5.41, 5.74) is 5.25. The molecule has 0 spiro atoms. The van der Waals surface area contributed by atoms with E-state index < -0.39 is 0 Å². The zero-order valence-electron chi connectivity index (χ0n) is 23.5. The van der Waals surface area contributed by atoms with Gasteiger partial charge in [-0.25, -0.2) is 0 Å². The monoisotopic (exact) mass is 530 g/mol. The molecule has 8 nitrogen and oxygen atoms in total. The number of carbonyl (C=O) groups is 1. The summed E-state index contributed by atoms with van der Waals surface area (Å²) < 4.78 is 6.32. The Labute approximate surface area is 232 Å². The number of amides is 1. The Kier molecular flexibility index (Phi) is 7.47. The minimum atomic E-state index is 0.000534. The predicted molar refractivity (Wildman–Crippen MR) is 155 cm³/mol. The number of nitrogens with zero attached hydrogens (tertiary/aromatic N) is 6. The lowest BCUT2D eigenvalue weighted by Crippen LogP contribution is -2.54. The second kappa shape index (κ2) is 11.2. The van der Waals surface area contributed by atoms with E-state index in [2.05, 4.69) is 59.5 Å². The summed E-state index contributed by atoms with van der Waals surface area (Å²) in [6.45, 7) is 10.8. The molecule has 3 aliphatic heterocycles. The lowest BCUT2D eigenvalue weighted by molar-refractivity contribution is -0.126. The fourth-order valence-electron chi connectivity index (χ4n) is 7.03. The van der Waals surface area contributed by atoms with Crippen LogP contribution in [0.1, 0.15) is 49.4 Å². The number of benzene rings is 1. The van der Waals surface area contributed by atoms with Crippen molar-refractivity contribution in [3.8, 4) is 6.01 Å². The molecule has 0 radical (unpaired) electrons. The van der Waals surface area contributed by atoms with Crippen LogP contribution >= 0.6 is 0 Å². The van der Waals surface area contributed by atoms with E-state index in [0.29, 0.717) is 37.8 Å². The summed E-state index contributed by atoms with van der Waals surface area (Å²) in [4.78, 5) is 31.7. The Morgan fingerprint density at radius 3 is 2.74 bits per heavy atom. The molecule has 2 aromatic rings. The third-order valence-corrected chi connectivity index (χ3v) is 9.26. The summed E-state index contributed by atoms with van der Waals surface area (Å²) >= 11 is 0. The van der Waals surface area contributed by atoms with Gasteiger partial charge in [-0.3, -0.25) is 4.79 Å². The van der Waals surface area contributed by atoms with Crippen LogP contribution in [0.3, 0.4) is 0 Å². The molecule has 0 saturated carbocycles. The number of aromatic nitrogens is 2. The second-order valence-corrected chi connectivity index (χ2v) is 11.7. The molecule has 1 amide bonds. The van der Waals surface area contributed by atoms with Crippen molar-refractivity contribution in [1.29, 1.82) is 0 Å². The first-order chi connectivity index (χ1) is 19.0. The number of likely N-dealkylation sites (N-methyl/N-ethyl adjacent to an activating group) is 1. The third-order valence-electron chi connectivity index (χ3n) is 9.26. The average molecular weight is 531 g/mol. The Hall–Kier alpha value is -3.13. The van der Waals surface area contributed by atoms with Gasteiger partial charge in [0.1, 0.15) is 12.4 Å². The van der Waals surface area contributed by atoms with E-state index in [9.17, 15) is 4.79 Å². The summed E-state index contributed by atoms with van der Waals surface area (Å²) in [6.07, 6.45) is 9.10. The number of para-hydroxylation sites is 1. The van der Waals surface area contributed by atoms with Crippen molar-refractivity contribution in [2.75, 3.05) is 56.2 Å². The van der Waals surface area contributed by atoms with Crippen LogP contribution in [0.15, 0.2) is 36.9 Å². The van der Waals surface area contributed by atoms with Crippen molar-refractivity contribution in [3.05, 3.63) is 53.7 Å². The van der Waals surface area contributed by atoms with Crippen LogP contribution in [0.5, 0.6) is 6.01 Å². The van der Waals surface area contributed by atoms with Crippen LogP contribution in [0.2, 0.25) is 0 Å². The van der Waals surface area contributed by atoms with E-state index in [1.807, 2.05) is 4.90 Å². The Balaban J connectivity index is 1.29. The number of anilines is 2. The molecule has 8 heteroatoms. The minimum Gasteiger partial charge on any atom is -0.462 e. The molecule has 39 heavy (non-hydrogen) atoms. The van der Waals surface area contributed by atoms with E-state index in [0.717, 1.165) is 63.3 Å². The number of carbonyl (C=O) groups excluding carboxylic acids is 1. The van der Waals surface area contributed by atoms with E-state index in [1.54, 1.807) is 0 Å². The lowest BCUT2D eigenvalue weighted by Gasteiger charge is -2.43. The highest BCUT2D eigenvalue weighted by molar-refractivity contribution is 5.87. The van der Waals surface area contributed by atoms with E-state index in [-0.39, 0.29) is 11.9 Å².